The lowest BCUT2D eigenvalue weighted by Crippen LogP contribution is -2.29. The number of aromatic nitrogens is 1. The molecule has 168 valence electrons. The van der Waals surface area contributed by atoms with Crippen LogP contribution in [-0.4, -0.2) is 28.6 Å². The molecule has 2 amide bonds. The molecule has 4 rings (SSSR count). The number of urea groups is 1. The lowest BCUT2D eigenvalue weighted by Gasteiger charge is -2.08. The molecular weight excluding hydrogens is 418 g/mol. The smallest absolute Gasteiger partial charge is 0.319 e. The molecule has 3 N–H and O–H groups in total. The fraction of sp³-hybridized carbons (Fsp3) is 0.192. The van der Waals surface area contributed by atoms with Crippen LogP contribution in [0.1, 0.15) is 25.7 Å². The largest absolute Gasteiger partial charge is 0.481 e. The van der Waals surface area contributed by atoms with Gasteiger partial charge in [-0.1, -0.05) is 48.9 Å². The van der Waals surface area contributed by atoms with Crippen molar-refractivity contribution in [1.29, 1.82) is 0 Å². The number of aliphatic carboxylic acids is 1. The summed E-state index contributed by atoms with van der Waals surface area (Å²) in [5.74, 6) is -0.311. The van der Waals surface area contributed by atoms with Crippen LogP contribution in [-0.2, 0) is 4.79 Å². The highest BCUT2D eigenvalue weighted by Crippen LogP contribution is 2.29. The zero-order chi connectivity index (χ0) is 23.0. The zero-order valence-electron chi connectivity index (χ0n) is 18.1. The van der Waals surface area contributed by atoms with Gasteiger partial charge in [0.05, 0.1) is 0 Å². The Balaban J connectivity index is 1.39. The summed E-state index contributed by atoms with van der Waals surface area (Å²) in [6.45, 7) is 0.486. The number of carbonyl (C=O) groups is 2. The molecule has 0 aliphatic heterocycles. The van der Waals surface area contributed by atoms with E-state index in [1.54, 1.807) is 6.07 Å². The number of oxazole rings is 1. The van der Waals surface area contributed by atoms with Gasteiger partial charge in [-0.05, 0) is 54.3 Å². The van der Waals surface area contributed by atoms with Crippen molar-refractivity contribution in [3.63, 3.8) is 0 Å². The molecule has 3 aromatic carbocycles. The van der Waals surface area contributed by atoms with Crippen LogP contribution in [0.15, 0.2) is 77.2 Å². The van der Waals surface area contributed by atoms with Gasteiger partial charge in [-0.15, -0.1) is 0 Å². The van der Waals surface area contributed by atoms with Crippen LogP contribution in [0.5, 0.6) is 0 Å². The molecule has 1 heterocycles. The maximum Gasteiger partial charge on any atom is 0.319 e. The molecular formula is C26H25N3O4. The Morgan fingerprint density at radius 1 is 0.848 bits per heavy atom. The Bertz CT molecular complexity index is 1250. The molecule has 0 unspecified atom stereocenters. The quantitative estimate of drug-likeness (QED) is 0.278. The van der Waals surface area contributed by atoms with E-state index in [2.05, 4.69) is 27.8 Å². The van der Waals surface area contributed by atoms with Crippen LogP contribution in [0.25, 0.3) is 33.7 Å². The first-order valence-corrected chi connectivity index (χ1v) is 10.9. The molecule has 0 aliphatic carbocycles. The van der Waals surface area contributed by atoms with E-state index >= 15 is 0 Å². The Kier molecular flexibility index (Phi) is 6.99. The predicted octanol–water partition coefficient (Wildman–Crippen LogP) is 5.93. The Hall–Kier alpha value is -4.13. The van der Waals surface area contributed by atoms with Gasteiger partial charge in [0.25, 0.3) is 0 Å². The lowest BCUT2D eigenvalue weighted by atomic mass is 10.1. The third-order valence-electron chi connectivity index (χ3n) is 5.22. The number of rotatable bonds is 9. The second-order valence-corrected chi connectivity index (χ2v) is 7.73. The van der Waals surface area contributed by atoms with E-state index in [-0.39, 0.29) is 12.5 Å². The lowest BCUT2D eigenvalue weighted by molar-refractivity contribution is -0.137. The number of nitrogens with one attached hydrogen (secondary N) is 2. The zero-order valence-corrected chi connectivity index (χ0v) is 18.1. The van der Waals surface area contributed by atoms with Crippen molar-refractivity contribution in [2.75, 3.05) is 11.9 Å². The number of carbonyl (C=O) groups excluding carboxylic acids is 1. The van der Waals surface area contributed by atoms with Crippen molar-refractivity contribution in [2.24, 2.45) is 0 Å². The number of hydrogen-bond acceptors (Lipinski definition) is 4. The average Bonchev–Trinajstić information content (AvgIpc) is 3.25. The maximum atomic E-state index is 12.2. The van der Waals surface area contributed by atoms with E-state index in [1.165, 1.54) is 0 Å². The summed E-state index contributed by atoms with van der Waals surface area (Å²) in [7, 11) is 0. The molecule has 0 atom stereocenters. The first kappa shape index (κ1) is 22.1. The average molecular weight is 444 g/mol. The van der Waals surface area contributed by atoms with Gasteiger partial charge in [0, 0.05) is 24.2 Å². The molecule has 0 saturated heterocycles. The number of anilines is 1. The summed E-state index contributed by atoms with van der Waals surface area (Å²) in [5.41, 5.74) is 5.04. The normalized spacial score (nSPS) is 10.8. The van der Waals surface area contributed by atoms with Gasteiger partial charge in [0.15, 0.2) is 5.58 Å². The number of carboxylic acid groups (broad SMARTS) is 1. The molecule has 0 radical (unpaired) electrons. The van der Waals surface area contributed by atoms with Gasteiger partial charge in [-0.3, -0.25) is 4.79 Å². The molecule has 33 heavy (non-hydrogen) atoms. The summed E-state index contributed by atoms with van der Waals surface area (Å²) < 4.78 is 5.94. The van der Waals surface area contributed by atoms with Gasteiger partial charge >= 0.3 is 12.0 Å². The first-order valence-electron chi connectivity index (χ1n) is 10.9. The number of unbranched alkanes of at least 4 members (excludes halogenated alkanes) is 2. The van der Waals surface area contributed by atoms with E-state index in [9.17, 15) is 9.59 Å². The van der Waals surface area contributed by atoms with Crippen molar-refractivity contribution in [2.45, 2.75) is 25.7 Å². The highest BCUT2D eigenvalue weighted by molar-refractivity contribution is 5.90. The van der Waals surface area contributed by atoms with E-state index in [0.717, 1.165) is 35.0 Å². The molecule has 0 aliphatic rings. The van der Waals surface area contributed by atoms with E-state index in [4.69, 9.17) is 9.52 Å². The Morgan fingerprint density at radius 2 is 1.67 bits per heavy atom. The fourth-order valence-corrected chi connectivity index (χ4v) is 3.55. The summed E-state index contributed by atoms with van der Waals surface area (Å²) in [4.78, 5) is 27.3. The molecule has 0 spiro atoms. The predicted molar refractivity (Wildman–Crippen MR) is 128 cm³/mol. The third kappa shape index (κ3) is 5.98. The molecule has 0 saturated carbocycles. The van der Waals surface area contributed by atoms with Crippen LogP contribution in [0.2, 0.25) is 0 Å². The van der Waals surface area contributed by atoms with Crippen LogP contribution in [0.4, 0.5) is 10.5 Å². The minimum atomic E-state index is -0.795. The number of benzene rings is 3. The van der Waals surface area contributed by atoms with Crippen molar-refractivity contribution in [3.05, 3.63) is 72.8 Å². The summed E-state index contributed by atoms with van der Waals surface area (Å²) >= 11 is 0. The van der Waals surface area contributed by atoms with Crippen molar-refractivity contribution in [3.8, 4) is 22.6 Å². The summed E-state index contributed by atoms with van der Waals surface area (Å²) in [6, 6.07) is 23.0. The second-order valence-electron chi connectivity index (χ2n) is 7.73. The number of fused-ring (bicyclic) bond motifs is 1. The summed E-state index contributed by atoms with van der Waals surface area (Å²) in [6.07, 6.45) is 2.25. The van der Waals surface area contributed by atoms with Gasteiger partial charge in [-0.2, -0.15) is 0 Å². The Labute approximate surface area is 191 Å². The van der Waals surface area contributed by atoms with E-state index in [0.29, 0.717) is 30.1 Å². The van der Waals surface area contributed by atoms with Crippen molar-refractivity contribution >= 4 is 28.8 Å². The molecule has 7 nitrogen and oxygen atoms in total. The molecule has 7 heteroatoms. The van der Waals surface area contributed by atoms with Crippen LogP contribution < -0.4 is 10.6 Å². The van der Waals surface area contributed by atoms with E-state index < -0.39 is 5.97 Å². The summed E-state index contributed by atoms with van der Waals surface area (Å²) in [5, 5.41) is 14.2. The van der Waals surface area contributed by atoms with Gasteiger partial charge < -0.3 is 20.2 Å². The molecule has 4 aromatic rings. The number of carboxylic acids is 1. The highest BCUT2D eigenvalue weighted by atomic mass is 16.4. The van der Waals surface area contributed by atoms with Crippen LogP contribution in [0.3, 0.4) is 0 Å². The third-order valence-corrected chi connectivity index (χ3v) is 5.22. The number of amides is 2. The SMILES string of the molecule is O=C(O)CCCCCNC(=O)Nc1cccc(-c2nc3cc(-c4ccccc4)ccc3o2)c1. The molecule has 1 aromatic heterocycles. The van der Waals surface area contributed by atoms with Gasteiger partial charge in [-0.25, -0.2) is 9.78 Å². The van der Waals surface area contributed by atoms with Crippen LogP contribution in [0, 0.1) is 0 Å². The van der Waals surface area contributed by atoms with Gasteiger partial charge in [0.2, 0.25) is 5.89 Å². The topological polar surface area (TPSA) is 104 Å². The maximum absolute atomic E-state index is 12.2. The molecule has 0 bridgehead atoms. The molecule has 0 fully saturated rings. The van der Waals surface area contributed by atoms with E-state index in [1.807, 2.05) is 54.6 Å². The first-order chi connectivity index (χ1) is 16.1. The second kappa shape index (κ2) is 10.5. The highest BCUT2D eigenvalue weighted by Gasteiger charge is 2.11. The van der Waals surface area contributed by atoms with Crippen LogP contribution >= 0.6 is 0 Å². The standard InChI is InChI=1S/C26H25N3O4/c30-24(31)12-5-2-6-15-27-26(32)28-21-11-7-10-20(16-21)25-29-22-17-19(13-14-23(22)33-25)18-8-3-1-4-9-18/h1,3-4,7-11,13-14,16-17H,2,5-6,12,15H2,(H,30,31)(H2,27,28,32). The van der Waals surface area contributed by atoms with Crippen molar-refractivity contribution in [1.82, 2.24) is 10.3 Å². The van der Waals surface area contributed by atoms with Gasteiger partial charge in [0.1, 0.15) is 5.52 Å². The number of hydrogen-bond donors (Lipinski definition) is 3. The Morgan fingerprint density at radius 3 is 2.48 bits per heavy atom. The fourth-order valence-electron chi connectivity index (χ4n) is 3.55. The number of nitrogens with zero attached hydrogens (tertiary/aromatic N) is 1. The monoisotopic (exact) mass is 443 g/mol. The minimum absolute atomic E-state index is 0.155. The van der Waals surface area contributed by atoms with Crippen molar-refractivity contribution < 1.29 is 19.1 Å². The minimum Gasteiger partial charge on any atom is -0.481 e.